The normalized spacial score (nSPS) is 19.5. The molecule has 1 aliphatic carbocycles. The maximum Gasteiger partial charge on any atom is 0.226 e. The molecular weight excluding hydrogens is 412 g/mol. The summed E-state index contributed by atoms with van der Waals surface area (Å²) >= 11 is 0. The Bertz CT molecular complexity index is 1020. The number of allylic oxidation sites excluding steroid dienone is 2. The van der Waals surface area contributed by atoms with E-state index in [0.29, 0.717) is 11.8 Å². The zero-order valence-corrected chi connectivity index (χ0v) is 20.6. The molecule has 1 aromatic carbocycles. The van der Waals surface area contributed by atoms with Crippen LogP contribution in [0.4, 0.5) is 5.95 Å². The second kappa shape index (κ2) is 9.94. The monoisotopic (exact) mass is 448 g/mol. The molecule has 1 saturated heterocycles. The van der Waals surface area contributed by atoms with E-state index >= 15 is 0 Å². The van der Waals surface area contributed by atoms with Crippen molar-refractivity contribution < 1.29 is 9.53 Å². The molecule has 0 spiro atoms. The zero-order chi connectivity index (χ0) is 23.5. The highest BCUT2D eigenvalue weighted by Crippen LogP contribution is 2.37. The molecule has 2 heterocycles. The van der Waals surface area contributed by atoms with Crippen molar-refractivity contribution in [3.8, 4) is 16.9 Å². The van der Waals surface area contributed by atoms with Gasteiger partial charge in [0, 0.05) is 50.8 Å². The highest BCUT2D eigenvalue weighted by molar-refractivity contribution is 5.79. The van der Waals surface area contributed by atoms with Crippen LogP contribution in [0.3, 0.4) is 0 Å². The topological polar surface area (TPSA) is 58.6 Å². The van der Waals surface area contributed by atoms with Gasteiger partial charge in [0.15, 0.2) is 0 Å². The number of piperidine rings is 1. The standard InChI is InChI=1S/C27H36N4O2/c1-18-6-7-22(16-19(18)2)26(32)31-14-12-21(13-15-31)25-24(17-28-27(29-25)30(3)4)20-8-10-23(33-5)11-9-20/h8-11,17,21-22H,6-7,12-16H2,1-5H3/t22-/m0/s1. The Balaban J connectivity index is 1.52. The van der Waals surface area contributed by atoms with E-state index in [1.807, 2.05) is 37.3 Å². The van der Waals surface area contributed by atoms with E-state index in [1.165, 1.54) is 11.1 Å². The molecule has 1 amide bonds. The SMILES string of the molecule is COc1ccc(-c2cnc(N(C)C)nc2C2CCN(C(=O)[C@H]3CCC(C)=C(C)C3)CC2)cc1. The molecule has 6 nitrogen and oxygen atoms in total. The van der Waals surface area contributed by atoms with E-state index in [-0.39, 0.29) is 5.92 Å². The van der Waals surface area contributed by atoms with Crippen LogP contribution in [0.2, 0.25) is 0 Å². The van der Waals surface area contributed by atoms with Crippen molar-refractivity contribution in [2.24, 2.45) is 5.92 Å². The van der Waals surface area contributed by atoms with Gasteiger partial charge in [0.05, 0.1) is 12.8 Å². The summed E-state index contributed by atoms with van der Waals surface area (Å²) in [4.78, 5) is 26.8. The van der Waals surface area contributed by atoms with E-state index in [4.69, 9.17) is 9.72 Å². The average Bonchev–Trinajstić information content (AvgIpc) is 2.85. The molecule has 0 N–H and O–H groups in total. The summed E-state index contributed by atoms with van der Waals surface area (Å²) < 4.78 is 5.32. The third-order valence-corrected chi connectivity index (χ3v) is 7.30. The van der Waals surface area contributed by atoms with Crippen LogP contribution < -0.4 is 9.64 Å². The predicted molar refractivity (Wildman–Crippen MR) is 133 cm³/mol. The van der Waals surface area contributed by atoms with Crippen molar-refractivity contribution in [1.82, 2.24) is 14.9 Å². The number of benzene rings is 1. The van der Waals surface area contributed by atoms with Gasteiger partial charge >= 0.3 is 0 Å². The van der Waals surface area contributed by atoms with Crippen LogP contribution in [0, 0.1) is 5.92 Å². The summed E-state index contributed by atoms with van der Waals surface area (Å²) in [6.07, 6.45) is 6.76. The number of likely N-dealkylation sites (tertiary alicyclic amines) is 1. The minimum atomic E-state index is 0.152. The summed E-state index contributed by atoms with van der Waals surface area (Å²) in [5.74, 6) is 2.36. The molecule has 33 heavy (non-hydrogen) atoms. The van der Waals surface area contributed by atoms with E-state index < -0.39 is 0 Å². The third kappa shape index (κ3) is 5.05. The molecule has 0 radical (unpaired) electrons. The number of hydrogen-bond donors (Lipinski definition) is 0. The molecule has 2 aliphatic rings. The van der Waals surface area contributed by atoms with Crippen molar-refractivity contribution in [1.29, 1.82) is 0 Å². The van der Waals surface area contributed by atoms with E-state index in [1.54, 1.807) is 7.11 Å². The van der Waals surface area contributed by atoms with Gasteiger partial charge in [0.1, 0.15) is 5.75 Å². The van der Waals surface area contributed by atoms with Crippen LogP contribution in [0.25, 0.3) is 11.1 Å². The number of carbonyl (C=O) groups excluding carboxylic acids is 1. The molecule has 4 rings (SSSR count). The summed E-state index contributed by atoms with van der Waals surface area (Å²) in [6.45, 7) is 5.97. The number of aromatic nitrogens is 2. The Morgan fingerprint density at radius 2 is 1.76 bits per heavy atom. The van der Waals surface area contributed by atoms with Gasteiger partial charge in [-0.25, -0.2) is 9.97 Å². The number of ether oxygens (including phenoxy) is 1. The van der Waals surface area contributed by atoms with Crippen molar-refractivity contribution in [3.63, 3.8) is 0 Å². The molecule has 6 heteroatoms. The lowest BCUT2D eigenvalue weighted by Crippen LogP contribution is -2.42. The lowest BCUT2D eigenvalue weighted by atomic mass is 9.83. The predicted octanol–water partition coefficient (Wildman–Crippen LogP) is 5.06. The minimum absolute atomic E-state index is 0.152. The Hall–Kier alpha value is -2.89. The Kier molecular flexibility index (Phi) is 7.01. The van der Waals surface area contributed by atoms with Crippen LogP contribution >= 0.6 is 0 Å². The minimum Gasteiger partial charge on any atom is -0.497 e. The van der Waals surface area contributed by atoms with Crippen LogP contribution in [-0.4, -0.2) is 55.1 Å². The number of methoxy groups -OCH3 is 1. The average molecular weight is 449 g/mol. The summed E-state index contributed by atoms with van der Waals surface area (Å²) in [5, 5.41) is 0. The lowest BCUT2D eigenvalue weighted by Gasteiger charge is -2.36. The first kappa shape index (κ1) is 23.3. The van der Waals surface area contributed by atoms with E-state index in [2.05, 4.69) is 35.9 Å². The summed E-state index contributed by atoms with van der Waals surface area (Å²) in [7, 11) is 5.61. The fraction of sp³-hybridized carbons (Fsp3) is 0.519. The van der Waals surface area contributed by atoms with Gasteiger partial charge in [-0.15, -0.1) is 0 Å². The first-order chi connectivity index (χ1) is 15.9. The van der Waals surface area contributed by atoms with Crippen molar-refractivity contribution in [3.05, 3.63) is 47.3 Å². The Morgan fingerprint density at radius 1 is 1.06 bits per heavy atom. The molecule has 176 valence electrons. The Morgan fingerprint density at radius 3 is 2.36 bits per heavy atom. The van der Waals surface area contributed by atoms with Gasteiger partial charge in [-0.2, -0.15) is 0 Å². The lowest BCUT2D eigenvalue weighted by molar-refractivity contribution is -0.137. The number of carbonyl (C=O) groups is 1. The highest BCUT2D eigenvalue weighted by atomic mass is 16.5. The maximum atomic E-state index is 13.2. The third-order valence-electron chi connectivity index (χ3n) is 7.30. The first-order valence-corrected chi connectivity index (χ1v) is 12.0. The van der Waals surface area contributed by atoms with Gasteiger partial charge in [-0.3, -0.25) is 4.79 Å². The van der Waals surface area contributed by atoms with Gasteiger partial charge in [-0.05, 0) is 63.6 Å². The van der Waals surface area contributed by atoms with Gasteiger partial charge in [0.25, 0.3) is 0 Å². The maximum absolute atomic E-state index is 13.2. The van der Waals surface area contributed by atoms with Gasteiger partial charge in [0.2, 0.25) is 11.9 Å². The van der Waals surface area contributed by atoms with Crippen LogP contribution in [0.1, 0.15) is 57.6 Å². The largest absolute Gasteiger partial charge is 0.497 e. The number of anilines is 1. The van der Waals surface area contributed by atoms with Crippen LogP contribution in [-0.2, 0) is 4.79 Å². The van der Waals surface area contributed by atoms with Gasteiger partial charge < -0.3 is 14.5 Å². The molecule has 0 bridgehead atoms. The van der Waals surface area contributed by atoms with Crippen molar-refractivity contribution in [2.75, 3.05) is 39.2 Å². The number of amides is 1. The quantitative estimate of drug-likeness (QED) is 0.599. The van der Waals surface area contributed by atoms with E-state index in [0.717, 1.165) is 73.7 Å². The number of rotatable bonds is 5. The summed E-state index contributed by atoms with van der Waals surface area (Å²) in [5.41, 5.74) is 6.10. The second-order valence-electron chi connectivity index (χ2n) is 9.69. The molecule has 0 saturated carbocycles. The molecule has 1 aliphatic heterocycles. The fourth-order valence-corrected chi connectivity index (χ4v) is 5.00. The second-order valence-corrected chi connectivity index (χ2v) is 9.69. The van der Waals surface area contributed by atoms with Crippen molar-refractivity contribution in [2.45, 2.75) is 51.9 Å². The first-order valence-electron chi connectivity index (χ1n) is 12.0. The molecule has 0 unspecified atom stereocenters. The fourth-order valence-electron chi connectivity index (χ4n) is 5.00. The molecule has 1 aromatic heterocycles. The van der Waals surface area contributed by atoms with Gasteiger partial charge in [-0.1, -0.05) is 23.3 Å². The summed E-state index contributed by atoms with van der Waals surface area (Å²) in [6, 6.07) is 8.08. The molecule has 1 fully saturated rings. The molecule has 2 aromatic rings. The zero-order valence-electron chi connectivity index (χ0n) is 20.6. The highest BCUT2D eigenvalue weighted by Gasteiger charge is 2.32. The smallest absolute Gasteiger partial charge is 0.226 e. The van der Waals surface area contributed by atoms with Crippen LogP contribution in [0.15, 0.2) is 41.6 Å². The number of nitrogens with zero attached hydrogens (tertiary/aromatic N) is 4. The molecular formula is C27H36N4O2. The number of hydrogen-bond acceptors (Lipinski definition) is 5. The Labute approximate surface area is 197 Å². The van der Waals surface area contributed by atoms with E-state index in [9.17, 15) is 4.79 Å². The van der Waals surface area contributed by atoms with Crippen molar-refractivity contribution >= 4 is 11.9 Å². The van der Waals surface area contributed by atoms with Crippen LogP contribution in [0.5, 0.6) is 5.75 Å². The molecule has 1 atom stereocenters.